The molecule has 3 aromatic rings. The van der Waals surface area contributed by atoms with Gasteiger partial charge in [-0.2, -0.15) is 9.21 Å². The summed E-state index contributed by atoms with van der Waals surface area (Å²) in [5.41, 5.74) is 1.98. The largest absolute Gasteiger partial charge is 0.391 e. The lowest BCUT2D eigenvalue weighted by atomic mass is 10.00. The van der Waals surface area contributed by atoms with Gasteiger partial charge in [0.1, 0.15) is 12.6 Å². The Hall–Kier alpha value is -3.76. The summed E-state index contributed by atoms with van der Waals surface area (Å²) in [4.78, 5) is 41.4. The van der Waals surface area contributed by atoms with E-state index in [1.165, 1.54) is 46.8 Å². The molecule has 47 heavy (non-hydrogen) atoms. The van der Waals surface area contributed by atoms with Gasteiger partial charge < -0.3 is 26.2 Å². The summed E-state index contributed by atoms with van der Waals surface area (Å²) in [5, 5.41) is 35.5. The number of urea groups is 1. The lowest BCUT2D eigenvalue weighted by Crippen LogP contribution is -2.59. The molecule has 3 rings (SSSR count). The number of aliphatic hydroxyl groups excluding tert-OH is 2. The standard InChI is InChI=1S/C32H44N6O7S2/c1-20(2)17-38(47(44,45)26-13-11-25(12-14-26)16-33-43)18-29(40)27(15-24-9-7-6-8-10-24)36-31(41)30(22(4)39)37-32(42)34-21(3)28-19-46-23(5)35-28/h6-14,19-22,27,29-30,39-40H,15-18H2,1-5H3,(H,36,41)(H2,34,37,42)/t21?,22-,27+,29-,30+/m1/s1. The number of amides is 3. The van der Waals surface area contributed by atoms with Gasteiger partial charge in [-0.15, -0.1) is 11.3 Å². The van der Waals surface area contributed by atoms with Gasteiger partial charge in [0.25, 0.3) is 0 Å². The minimum Gasteiger partial charge on any atom is -0.391 e. The number of nitrogens with zero attached hydrogens (tertiary/aromatic N) is 3. The fraction of sp³-hybridized carbons (Fsp3) is 0.469. The Bertz CT molecular complexity index is 1570. The maximum Gasteiger partial charge on any atom is 0.316 e. The number of hydrogen-bond acceptors (Lipinski definition) is 10. The van der Waals surface area contributed by atoms with Crippen LogP contribution < -0.4 is 16.0 Å². The smallest absolute Gasteiger partial charge is 0.316 e. The highest BCUT2D eigenvalue weighted by Crippen LogP contribution is 2.21. The first-order valence-electron chi connectivity index (χ1n) is 15.3. The lowest BCUT2D eigenvalue weighted by molar-refractivity contribution is -0.126. The summed E-state index contributed by atoms with van der Waals surface area (Å²) in [7, 11) is -4.09. The predicted molar refractivity (Wildman–Crippen MR) is 180 cm³/mol. The molecule has 1 aromatic heterocycles. The Labute approximate surface area is 279 Å². The Morgan fingerprint density at radius 1 is 0.936 bits per heavy atom. The van der Waals surface area contributed by atoms with Crippen LogP contribution in [0.2, 0.25) is 0 Å². The van der Waals surface area contributed by atoms with E-state index in [1.54, 1.807) is 19.1 Å². The first-order chi connectivity index (χ1) is 22.2. The zero-order chi connectivity index (χ0) is 34.7. The summed E-state index contributed by atoms with van der Waals surface area (Å²) >= 11 is 1.44. The van der Waals surface area contributed by atoms with E-state index in [4.69, 9.17) is 0 Å². The number of carbonyl (C=O) groups is 2. The molecule has 0 saturated heterocycles. The average molecular weight is 689 g/mol. The number of carbonyl (C=O) groups excluding carboxylic acids is 2. The third kappa shape index (κ3) is 11.2. The minimum atomic E-state index is -4.09. The fourth-order valence-corrected chi connectivity index (χ4v) is 7.19. The summed E-state index contributed by atoms with van der Waals surface area (Å²) in [6.45, 7) is 8.27. The normalized spacial score (nSPS) is 15.0. The van der Waals surface area contributed by atoms with Crippen LogP contribution in [-0.2, 0) is 27.8 Å². The quantitative estimate of drug-likeness (QED) is 0.134. The van der Waals surface area contributed by atoms with Crippen molar-refractivity contribution in [3.05, 3.63) is 86.7 Å². The van der Waals surface area contributed by atoms with Crippen LogP contribution in [0.5, 0.6) is 0 Å². The van der Waals surface area contributed by atoms with Crippen molar-refractivity contribution in [2.24, 2.45) is 11.1 Å². The van der Waals surface area contributed by atoms with Crippen LogP contribution >= 0.6 is 11.3 Å². The molecule has 256 valence electrons. The Morgan fingerprint density at radius 2 is 1.60 bits per heavy atom. The molecule has 5 N–H and O–H groups in total. The highest BCUT2D eigenvalue weighted by Gasteiger charge is 2.34. The molecule has 0 aliphatic heterocycles. The number of aliphatic hydroxyl groups is 2. The number of aryl methyl sites for hydroxylation is 1. The molecule has 0 bridgehead atoms. The Kier molecular flexibility index (Phi) is 14.0. The van der Waals surface area contributed by atoms with Crippen LogP contribution in [-0.4, -0.2) is 77.2 Å². The summed E-state index contributed by atoms with van der Waals surface area (Å²) in [6, 6.07) is 11.3. The van der Waals surface area contributed by atoms with Gasteiger partial charge in [-0.3, -0.25) is 4.79 Å². The molecule has 2 aromatic carbocycles. The van der Waals surface area contributed by atoms with Crippen molar-refractivity contribution in [2.45, 2.75) is 82.8 Å². The minimum absolute atomic E-state index is 0.0185. The van der Waals surface area contributed by atoms with Crippen molar-refractivity contribution in [1.29, 1.82) is 0 Å². The first kappa shape index (κ1) is 37.7. The average Bonchev–Trinajstić information content (AvgIpc) is 3.46. The van der Waals surface area contributed by atoms with E-state index in [1.807, 2.05) is 44.4 Å². The van der Waals surface area contributed by atoms with Gasteiger partial charge >= 0.3 is 6.03 Å². The van der Waals surface area contributed by atoms with Crippen molar-refractivity contribution in [3.63, 3.8) is 0 Å². The fourth-order valence-electron chi connectivity index (χ4n) is 4.87. The Balaban J connectivity index is 1.83. The molecule has 0 spiro atoms. The molecular formula is C32H44N6O7S2. The van der Waals surface area contributed by atoms with Crippen LogP contribution in [0, 0.1) is 17.7 Å². The van der Waals surface area contributed by atoms with Crippen LogP contribution in [0.1, 0.15) is 55.6 Å². The molecule has 5 atom stereocenters. The number of thiazole rings is 1. The topological polar surface area (TPSA) is 190 Å². The number of rotatable bonds is 17. The van der Waals surface area contributed by atoms with E-state index < -0.39 is 52.3 Å². The molecule has 0 aliphatic rings. The second-order valence-corrected chi connectivity index (χ2v) is 14.9. The molecule has 0 aliphatic carbocycles. The molecule has 0 saturated carbocycles. The van der Waals surface area contributed by atoms with Crippen LogP contribution in [0.3, 0.4) is 0 Å². The van der Waals surface area contributed by atoms with Crippen molar-refractivity contribution in [2.75, 3.05) is 13.1 Å². The molecule has 0 radical (unpaired) electrons. The van der Waals surface area contributed by atoms with Gasteiger partial charge in [0.05, 0.1) is 39.9 Å². The highest BCUT2D eigenvalue weighted by atomic mass is 32.2. The van der Waals surface area contributed by atoms with Crippen LogP contribution in [0.25, 0.3) is 0 Å². The van der Waals surface area contributed by atoms with Gasteiger partial charge in [0.15, 0.2) is 0 Å². The van der Waals surface area contributed by atoms with Crippen molar-refractivity contribution in [3.8, 4) is 0 Å². The summed E-state index contributed by atoms with van der Waals surface area (Å²) < 4.78 is 28.6. The molecular weight excluding hydrogens is 645 g/mol. The lowest BCUT2D eigenvalue weighted by Gasteiger charge is -2.32. The highest BCUT2D eigenvalue weighted by molar-refractivity contribution is 7.89. The molecule has 15 heteroatoms. The zero-order valence-corrected chi connectivity index (χ0v) is 28.8. The Morgan fingerprint density at radius 3 is 2.15 bits per heavy atom. The van der Waals surface area contributed by atoms with Crippen molar-refractivity contribution >= 4 is 33.3 Å². The molecule has 0 fully saturated rings. The predicted octanol–water partition coefficient (Wildman–Crippen LogP) is 3.26. The van der Waals surface area contributed by atoms with Gasteiger partial charge in [-0.25, -0.2) is 18.2 Å². The zero-order valence-electron chi connectivity index (χ0n) is 27.2. The van der Waals surface area contributed by atoms with Gasteiger partial charge in [0, 0.05) is 18.5 Å². The SMILES string of the molecule is Cc1nc(C(C)NC(=O)N[C@H](C(=O)N[C@@H](Cc2ccccc2)[C@H](O)CN(CC(C)C)S(=O)(=O)c2ccc(CN=O)cc2)[C@@H](C)O)cs1. The van der Waals surface area contributed by atoms with E-state index in [0.29, 0.717) is 11.3 Å². The van der Waals surface area contributed by atoms with Crippen LogP contribution in [0.15, 0.2) is 70.0 Å². The van der Waals surface area contributed by atoms with Gasteiger partial charge in [-0.05, 0) is 56.4 Å². The van der Waals surface area contributed by atoms with E-state index in [9.17, 15) is 33.1 Å². The number of hydrogen-bond donors (Lipinski definition) is 5. The van der Waals surface area contributed by atoms with Crippen molar-refractivity contribution in [1.82, 2.24) is 25.2 Å². The molecule has 1 heterocycles. The van der Waals surface area contributed by atoms with Gasteiger partial charge in [0.2, 0.25) is 15.9 Å². The van der Waals surface area contributed by atoms with E-state index in [2.05, 4.69) is 26.1 Å². The second-order valence-electron chi connectivity index (χ2n) is 11.9. The summed E-state index contributed by atoms with van der Waals surface area (Å²) in [6.07, 6.45) is -2.56. The number of aromatic nitrogens is 1. The van der Waals surface area contributed by atoms with Gasteiger partial charge in [-0.1, -0.05) is 61.5 Å². The van der Waals surface area contributed by atoms with Crippen molar-refractivity contribution < 1.29 is 28.2 Å². The first-order valence-corrected chi connectivity index (χ1v) is 17.6. The van der Waals surface area contributed by atoms with E-state index >= 15 is 0 Å². The van der Waals surface area contributed by atoms with E-state index in [-0.39, 0.29) is 36.9 Å². The second kappa shape index (κ2) is 17.4. The third-order valence-electron chi connectivity index (χ3n) is 7.34. The number of nitrogens with one attached hydrogen (secondary N) is 3. The number of nitroso groups, excluding NO2 is 1. The van der Waals surface area contributed by atoms with E-state index in [0.717, 1.165) is 10.6 Å². The summed E-state index contributed by atoms with van der Waals surface area (Å²) in [5.74, 6) is -0.861. The number of benzene rings is 2. The maximum atomic E-state index is 13.7. The molecule has 3 amide bonds. The maximum absolute atomic E-state index is 13.7. The molecule has 13 nitrogen and oxygen atoms in total. The molecule has 1 unspecified atom stereocenters. The monoisotopic (exact) mass is 688 g/mol. The number of sulfonamides is 1. The third-order valence-corrected chi connectivity index (χ3v) is 9.98. The van der Waals surface area contributed by atoms with Crippen LogP contribution in [0.4, 0.5) is 4.79 Å².